The van der Waals surface area contributed by atoms with Gasteiger partial charge in [-0.15, -0.1) is 0 Å². The van der Waals surface area contributed by atoms with Gasteiger partial charge in [0.15, 0.2) is 0 Å². The van der Waals surface area contributed by atoms with Gasteiger partial charge in [-0.2, -0.15) is 0 Å². The van der Waals surface area contributed by atoms with Crippen molar-refractivity contribution >= 4 is 11.6 Å². The van der Waals surface area contributed by atoms with E-state index in [1.165, 1.54) is 0 Å². The summed E-state index contributed by atoms with van der Waals surface area (Å²) in [7, 11) is 1.72. The van der Waals surface area contributed by atoms with Crippen molar-refractivity contribution in [2.24, 2.45) is 5.92 Å². The van der Waals surface area contributed by atoms with Gasteiger partial charge in [-0.3, -0.25) is 4.90 Å². The van der Waals surface area contributed by atoms with Crippen LogP contribution in [0.15, 0.2) is 6.07 Å². The summed E-state index contributed by atoms with van der Waals surface area (Å²) in [6, 6.07) is 1.77. The molecule has 4 nitrogen and oxygen atoms in total. The molecule has 0 aliphatic heterocycles. The van der Waals surface area contributed by atoms with E-state index in [9.17, 15) is 0 Å². The average molecular weight is 272 g/mol. The normalized spacial score (nSPS) is 11.5. The van der Waals surface area contributed by atoms with Gasteiger partial charge in [0, 0.05) is 25.9 Å². The van der Waals surface area contributed by atoms with E-state index >= 15 is 0 Å². The SMILES string of the molecule is COCCN(Cc1nc(C)cc(Cl)n1)CC(C)C. The van der Waals surface area contributed by atoms with E-state index in [4.69, 9.17) is 16.3 Å². The molecule has 0 saturated carbocycles. The number of halogens is 1. The van der Waals surface area contributed by atoms with Gasteiger partial charge in [0.1, 0.15) is 11.0 Å². The topological polar surface area (TPSA) is 38.2 Å². The van der Waals surface area contributed by atoms with Crippen LogP contribution < -0.4 is 0 Å². The summed E-state index contributed by atoms with van der Waals surface area (Å²) < 4.78 is 5.13. The molecule has 0 spiro atoms. The zero-order valence-electron chi connectivity index (χ0n) is 11.6. The van der Waals surface area contributed by atoms with E-state index < -0.39 is 0 Å². The van der Waals surface area contributed by atoms with Gasteiger partial charge in [-0.05, 0) is 18.9 Å². The number of nitrogens with zero attached hydrogens (tertiary/aromatic N) is 3. The highest BCUT2D eigenvalue weighted by Crippen LogP contribution is 2.09. The molecule has 102 valence electrons. The van der Waals surface area contributed by atoms with Crippen LogP contribution in [0.25, 0.3) is 0 Å². The molecule has 0 aromatic carbocycles. The molecule has 0 aliphatic carbocycles. The van der Waals surface area contributed by atoms with Crippen LogP contribution in [0.5, 0.6) is 0 Å². The van der Waals surface area contributed by atoms with E-state index in [1.807, 2.05) is 6.92 Å². The van der Waals surface area contributed by atoms with Crippen LogP contribution in [-0.2, 0) is 11.3 Å². The molecule has 1 aromatic rings. The standard InChI is InChI=1S/C13H22ClN3O/c1-10(2)8-17(5-6-18-4)9-13-15-11(3)7-12(14)16-13/h7,10H,5-6,8-9H2,1-4H3. The molecule has 0 atom stereocenters. The zero-order valence-corrected chi connectivity index (χ0v) is 12.4. The third-order valence-electron chi connectivity index (χ3n) is 2.47. The molecule has 1 heterocycles. The molecule has 0 unspecified atom stereocenters. The van der Waals surface area contributed by atoms with E-state index in [2.05, 4.69) is 28.7 Å². The van der Waals surface area contributed by atoms with Gasteiger partial charge in [0.2, 0.25) is 0 Å². The van der Waals surface area contributed by atoms with Crippen LogP contribution >= 0.6 is 11.6 Å². The lowest BCUT2D eigenvalue weighted by atomic mass is 10.2. The largest absolute Gasteiger partial charge is 0.383 e. The summed E-state index contributed by atoms with van der Waals surface area (Å²) in [5.74, 6) is 1.37. The Kier molecular flexibility index (Phi) is 6.54. The minimum Gasteiger partial charge on any atom is -0.383 e. The molecule has 0 fully saturated rings. The van der Waals surface area contributed by atoms with Crippen molar-refractivity contribution in [2.45, 2.75) is 27.3 Å². The number of hydrogen-bond acceptors (Lipinski definition) is 4. The van der Waals surface area contributed by atoms with Crippen LogP contribution in [0.1, 0.15) is 25.4 Å². The first-order valence-corrected chi connectivity index (χ1v) is 6.60. The summed E-state index contributed by atoms with van der Waals surface area (Å²) in [4.78, 5) is 11.0. The van der Waals surface area contributed by atoms with Crippen molar-refractivity contribution in [2.75, 3.05) is 26.8 Å². The predicted molar refractivity (Wildman–Crippen MR) is 73.8 cm³/mol. The Labute approximate surface area is 114 Å². The van der Waals surface area contributed by atoms with Gasteiger partial charge in [0.25, 0.3) is 0 Å². The second-order valence-corrected chi connectivity index (χ2v) is 5.26. The lowest BCUT2D eigenvalue weighted by Gasteiger charge is -2.23. The van der Waals surface area contributed by atoms with Gasteiger partial charge >= 0.3 is 0 Å². The van der Waals surface area contributed by atoms with Crippen molar-refractivity contribution < 1.29 is 4.74 Å². The van der Waals surface area contributed by atoms with Crippen molar-refractivity contribution in [3.8, 4) is 0 Å². The predicted octanol–water partition coefficient (Wildman–Crippen LogP) is 2.54. The van der Waals surface area contributed by atoms with E-state index in [-0.39, 0.29) is 0 Å². The van der Waals surface area contributed by atoms with Gasteiger partial charge in [-0.1, -0.05) is 25.4 Å². The molecular weight excluding hydrogens is 250 g/mol. The molecule has 0 aliphatic rings. The molecule has 18 heavy (non-hydrogen) atoms. The Bertz CT molecular complexity index is 351. The molecule has 0 amide bonds. The van der Waals surface area contributed by atoms with E-state index in [1.54, 1.807) is 13.2 Å². The average Bonchev–Trinajstić information content (AvgIpc) is 2.23. The van der Waals surface area contributed by atoms with Crippen LogP contribution in [0.2, 0.25) is 5.15 Å². The van der Waals surface area contributed by atoms with E-state index in [0.29, 0.717) is 24.2 Å². The Morgan fingerprint density at radius 2 is 2.11 bits per heavy atom. The Morgan fingerprint density at radius 1 is 1.39 bits per heavy atom. The maximum atomic E-state index is 5.95. The van der Waals surface area contributed by atoms with Crippen molar-refractivity contribution in [3.05, 3.63) is 22.7 Å². The van der Waals surface area contributed by atoms with E-state index in [0.717, 1.165) is 24.6 Å². The number of aromatic nitrogens is 2. The third kappa shape index (κ3) is 5.76. The fourth-order valence-electron chi connectivity index (χ4n) is 1.83. The minimum atomic E-state index is 0.508. The Balaban J connectivity index is 2.68. The lowest BCUT2D eigenvalue weighted by Crippen LogP contribution is -2.31. The Hall–Kier alpha value is -0.710. The van der Waals surface area contributed by atoms with Crippen LogP contribution in [0.3, 0.4) is 0 Å². The third-order valence-corrected chi connectivity index (χ3v) is 2.66. The second-order valence-electron chi connectivity index (χ2n) is 4.87. The van der Waals surface area contributed by atoms with Crippen LogP contribution in [-0.4, -0.2) is 41.7 Å². The summed E-state index contributed by atoms with van der Waals surface area (Å²) in [5.41, 5.74) is 0.904. The number of aryl methyl sites for hydroxylation is 1. The first-order chi connectivity index (χ1) is 8.51. The first-order valence-electron chi connectivity index (χ1n) is 6.22. The Morgan fingerprint density at radius 3 is 2.67 bits per heavy atom. The summed E-state index contributed by atoms with van der Waals surface area (Å²) in [5, 5.41) is 0.508. The highest BCUT2D eigenvalue weighted by Gasteiger charge is 2.10. The molecule has 5 heteroatoms. The maximum absolute atomic E-state index is 5.95. The van der Waals surface area contributed by atoms with Gasteiger partial charge in [0.05, 0.1) is 13.2 Å². The highest BCUT2D eigenvalue weighted by atomic mass is 35.5. The number of ether oxygens (including phenoxy) is 1. The number of hydrogen-bond donors (Lipinski definition) is 0. The molecule has 1 rings (SSSR count). The van der Waals surface area contributed by atoms with Crippen molar-refractivity contribution in [1.29, 1.82) is 0 Å². The molecule has 0 saturated heterocycles. The smallest absolute Gasteiger partial charge is 0.144 e. The summed E-state index contributed by atoms with van der Waals surface area (Å²) in [6.45, 7) is 9.63. The molecule has 0 radical (unpaired) electrons. The maximum Gasteiger partial charge on any atom is 0.144 e. The molecular formula is C13H22ClN3O. The monoisotopic (exact) mass is 271 g/mol. The van der Waals surface area contributed by atoms with Gasteiger partial charge in [-0.25, -0.2) is 9.97 Å². The quantitative estimate of drug-likeness (QED) is 0.715. The number of rotatable bonds is 7. The number of methoxy groups -OCH3 is 1. The second kappa shape index (κ2) is 7.67. The van der Waals surface area contributed by atoms with Crippen LogP contribution in [0, 0.1) is 12.8 Å². The molecule has 0 bridgehead atoms. The van der Waals surface area contributed by atoms with Gasteiger partial charge < -0.3 is 4.74 Å². The molecule has 0 N–H and O–H groups in total. The first kappa shape index (κ1) is 15.3. The lowest BCUT2D eigenvalue weighted by molar-refractivity contribution is 0.134. The fourth-order valence-corrected chi connectivity index (χ4v) is 2.09. The fraction of sp³-hybridized carbons (Fsp3) is 0.692. The van der Waals surface area contributed by atoms with Crippen molar-refractivity contribution in [3.63, 3.8) is 0 Å². The zero-order chi connectivity index (χ0) is 13.5. The van der Waals surface area contributed by atoms with Crippen molar-refractivity contribution in [1.82, 2.24) is 14.9 Å². The van der Waals surface area contributed by atoms with Crippen LogP contribution in [0.4, 0.5) is 0 Å². The summed E-state index contributed by atoms with van der Waals surface area (Å²) >= 11 is 5.95. The summed E-state index contributed by atoms with van der Waals surface area (Å²) in [6.07, 6.45) is 0. The molecule has 1 aromatic heterocycles. The highest BCUT2D eigenvalue weighted by molar-refractivity contribution is 6.29. The minimum absolute atomic E-state index is 0.508.